The Bertz CT molecular complexity index is 227. The number of nitrogens with zero attached hydrogens (tertiary/aromatic N) is 2. The lowest BCUT2D eigenvalue weighted by atomic mass is 10.5. The summed E-state index contributed by atoms with van der Waals surface area (Å²) in [5, 5.41) is 2.06. The largest absolute Gasteiger partial charge is 0.308 e. The lowest BCUT2D eigenvalue weighted by Gasteiger charge is -2.04. The number of aliphatic imine (C=N–C) groups is 1. The third-order valence-corrected chi connectivity index (χ3v) is 2.24. The second-order valence-electron chi connectivity index (χ2n) is 2.85. The highest BCUT2D eigenvalue weighted by Gasteiger charge is 1.87. The van der Waals surface area contributed by atoms with E-state index in [0.29, 0.717) is 0 Å². The summed E-state index contributed by atoms with van der Waals surface area (Å²) in [6.07, 6.45) is 1.94. The van der Waals surface area contributed by atoms with Gasteiger partial charge in [0.1, 0.15) is 0 Å². The normalized spacial score (nSPS) is 11.6. The molecule has 66 valence electrons. The minimum atomic E-state index is 0.880. The zero-order chi connectivity index (χ0) is 8.81. The molecule has 0 aliphatic carbocycles. The molecule has 0 amide bonds. The van der Waals surface area contributed by atoms with Gasteiger partial charge in [0.2, 0.25) is 0 Å². The van der Waals surface area contributed by atoms with Gasteiger partial charge in [0, 0.05) is 17.6 Å². The molecule has 0 atom stereocenters. The monoisotopic (exact) mass is 182 g/mol. The highest BCUT2D eigenvalue weighted by Crippen LogP contribution is 2.04. The molecule has 0 aliphatic rings. The van der Waals surface area contributed by atoms with Crippen LogP contribution in [0.1, 0.15) is 4.88 Å². The van der Waals surface area contributed by atoms with Crippen LogP contribution in [0.25, 0.3) is 0 Å². The van der Waals surface area contributed by atoms with Crippen LogP contribution >= 0.6 is 11.3 Å². The molecule has 1 heterocycles. The molecule has 0 aromatic carbocycles. The van der Waals surface area contributed by atoms with Crippen molar-refractivity contribution in [3.05, 3.63) is 22.4 Å². The second-order valence-corrected chi connectivity index (χ2v) is 3.83. The molecule has 12 heavy (non-hydrogen) atoms. The fraction of sp³-hybridized carbons (Fsp3) is 0.444. The second kappa shape index (κ2) is 5.06. The van der Waals surface area contributed by atoms with E-state index in [9.17, 15) is 0 Å². The Morgan fingerprint density at radius 1 is 1.58 bits per heavy atom. The molecule has 0 aliphatic heterocycles. The number of likely N-dealkylation sites (N-methyl/N-ethyl adjacent to an activating group) is 1. The molecule has 0 saturated heterocycles. The van der Waals surface area contributed by atoms with Crippen LogP contribution in [0.3, 0.4) is 0 Å². The van der Waals surface area contributed by atoms with E-state index in [0.717, 1.165) is 13.1 Å². The molecular formula is C9H14N2S. The summed E-state index contributed by atoms with van der Waals surface area (Å²) in [7, 11) is 4.11. The lowest BCUT2D eigenvalue weighted by molar-refractivity contribution is 0.421. The van der Waals surface area contributed by atoms with E-state index >= 15 is 0 Å². The summed E-state index contributed by atoms with van der Waals surface area (Å²) in [6, 6.07) is 4.11. The fourth-order valence-corrected chi connectivity index (χ4v) is 1.38. The smallest absolute Gasteiger partial charge is 0.0517 e. The molecule has 0 spiro atoms. The summed E-state index contributed by atoms with van der Waals surface area (Å²) >= 11 is 1.72. The number of rotatable bonds is 4. The zero-order valence-electron chi connectivity index (χ0n) is 7.53. The summed E-state index contributed by atoms with van der Waals surface area (Å²) < 4.78 is 0. The van der Waals surface area contributed by atoms with Crippen molar-refractivity contribution in [1.82, 2.24) is 4.90 Å². The SMILES string of the molecule is CN(C)CCN=Cc1cccs1. The Morgan fingerprint density at radius 3 is 3.00 bits per heavy atom. The summed E-state index contributed by atoms with van der Waals surface area (Å²) in [4.78, 5) is 7.66. The van der Waals surface area contributed by atoms with Gasteiger partial charge in [-0.1, -0.05) is 6.07 Å². The van der Waals surface area contributed by atoms with Crippen molar-refractivity contribution >= 4 is 17.6 Å². The van der Waals surface area contributed by atoms with Crippen molar-refractivity contribution in [2.24, 2.45) is 4.99 Å². The van der Waals surface area contributed by atoms with Crippen LogP contribution < -0.4 is 0 Å². The molecule has 3 heteroatoms. The fourth-order valence-electron chi connectivity index (χ4n) is 0.777. The average molecular weight is 182 g/mol. The predicted octanol–water partition coefficient (Wildman–Crippen LogP) is 1.73. The van der Waals surface area contributed by atoms with Crippen LogP contribution in [-0.2, 0) is 0 Å². The van der Waals surface area contributed by atoms with Crippen LogP contribution in [0.2, 0.25) is 0 Å². The summed E-state index contributed by atoms with van der Waals surface area (Å²) in [5.41, 5.74) is 0. The van der Waals surface area contributed by atoms with Gasteiger partial charge in [-0.05, 0) is 25.5 Å². The van der Waals surface area contributed by atoms with Gasteiger partial charge in [0.25, 0.3) is 0 Å². The van der Waals surface area contributed by atoms with E-state index in [-0.39, 0.29) is 0 Å². The third kappa shape index (κ3) is 3.64. The topological polar surface area (TPSA) is 15.6 Å². The molecule has 0 bridgehead atoms. The van der Waals surface area contributed by atoms with Gasteiger partial charge < -0.3 is 4.90 Å². The van der Waals surface area contributed by atoms with Gasteiger partial charge in [-0.25, -0.2) is 0 Å². The zero-order valence-corrected chi connectivity index (χ0v) is 8.34. The van der Waals surface area contributed by atoms with Gasteiger partial charge in [-0.15, -0.1) is 11.3 Å². The van der Waals surface area contributed by atoms with Gasteiger partial charge in [0.15, 0.2) is 0 Å². The maximum absolute atomic E-state index is 4.30. The molecule has 1 aromatic rings. The van der Waals surface area contributed by atoms with Gasteiger partial charge in [0.05, 0.1) is 6.54 Å². The quantitative estimate of drug-likeness (QED) is 0.647. The Balaban J connectivity index is 2.23. The molecule has 0 saturated carbocycles. The first-order valence-electron chi connectivity index (χ1n) is 3.97. The molecular weight excluding hydrogens is 168 g/mol. The van der Waals surface area contributed by atoms with Crippen molar-refractivity contribution in [1.29, 1.82) is 0 Å². The van der Waals surface area contributed by atoms with Crippen LogP contribution in [0.4, 0.5) is 0 Å². The first-order chi connectivity index (χ1) is 5.79. The Labute approximate surface area is 77.6 Å². The molecule has 0 radical (unpaired) electrons. The minimum absolute atomic E-state index is 0.880. The molecule has 0 unspecified atom stereocenters. The first kappa shape index (κ1) is 9.42. The van der Waals surface area contributed by atoms with Crippen LogP contribution in [0.15, 0.2) is 22.5 Å². The maximum Gasteiger partial charge on any atom is 0.0517 e. The van der Waals surface area contributed by atoms with Crippen LogP contribution in [-0.4, -0.2) is 38.3 Å². The first-order valence-corrected chi connectivity index (χ1v) is 4.85. The van der Waals surface area contributed by atoms with Gasteiger partial charge >= 0.3 is 0 Å². The Hall–Kier alpha value is -0.670. The highest BCUT2D eigenvalue weighted by molar-refractivity contribution is 7.11. The number of thiophene rings is 1. The minimum Gasteiger partial charge on any atom is -0.308 e. The molecule has 2 nitrogen and oxygen atoms in total. The van der Waals surface area contributed by atoms with Gasteiger partial charge in [-0.2, -0.15) is 0 Å². The van der Waals surface area contributed by atoms with Crippen molar-refractivity contribution in [2.45, 2.75) is 0 Å². The average Bonchev–Trinajstić information content (AvgIpc) is 2.49. The molecule has 0 fully saturated rings. The Morgan fingerprint density at radius 2 is 2.42 bits per heavy atom. The highest BCUT2D eigenvalue weighted by atomic mass is 32.1. The summed E-state index contributed by atoms with van der Waals surface area (Å²) in [6.45, 7) is 1.90. The summed E-state index contributed by atoms with van der Waals surface area (Å²) in [5.74, 6) is 0. The predicted molar refractivity (Wildman–Crippen MR) is 55.3 cm³/mol. The standard InChI is InChI=1S/C9H14N2S/c1-11(2)6-5-10-8-9-4-3-7-12-9/h3-4,7-8H,5-6H2,1-2H3. The number of hydrogen-bond acceptors (Lipinski definition) is 3. The molecule has 1 aromatic heterocycles. The van der Waals surface area contributed by atoms with Crippen molar-refractivity contribution in [3.8, 4) is 0 Å². The van der Waals surface area contributed by atoms with Crippen LogP contribution in [0.5, 0.6) is 0 Å². The van der Waals surface area contributed by atoms with E-state index in [2.05, 4.69) is 35.4 Å². The van der Waals surface area contributed by atoms with E-state index in [1.165, 1.54) is 4.88 Å². The van der Waals surface area contributed by atoms with Crippen molar-refractivity contribution in [2.75, 3.05) is 27.2 Å². The Kier molecular flexibility index (Phi) is 3.97. The van der Waals surface area contributed by atoms with E-state index in [4.69, 9.17) is 0 Å². The van der Waals surface area contributed by atoms with E-state index in [1.54, 1.807) is 11.3 Å². The third-order valence-electron chi connectivity index (χ3n) is 1.44. The van der Waals surface area contributed by atoms with Crippen molar-refractivity contribution < 1.29 is 0 Å². The van der Waals surface area contributed by atoms with Crippen molar-refractivity contribution in [3.63, 3.8) is 0 Å². The van der Waals surface area contributed by atoms with E-state index < -0.39 is 0 Å². The molecule has 0 N–H and O–H groups in total. The van der Waals surface area contributed by atoms with E-state index in [1.807, 2.05) is 12.3 Å². The van der Waals surface area contributed by atoms with Crippen LogP contribution in [0, 0.1) is 0 Å². The maximum atomic E-state index is 4.30. The molecule has 1 rings (SSSR count). The number of hydrogen-bond donors (Lipinski definition) is 0. The lowest BCUT2D eigenvalue weighted by Crippen LogP contribution is -2.15. The van der Waals surface area contributed by atoms with Gasteiger partial charge in [-0.3, -0.25) is 4.99 Å².